The van der Waals surface area contributed by atoms with E-state index in [1.807, 2.05) is 0 Å². The molecule has 0 amide bonds. The van der Waals surface area contributed by atoms with Crippen LogP contribution in [0.25, 0.3) is 0 Å². The molecule has 0 radical (unpaired) electrons. The lowest BCUT2D eigenvalue weighted by Gasteiger charge is -2.33. The van der Waals surface area contributed by atoms with Crippen molar-refractivity contribution >= 4 is 29.9 Å². The van der Waals surface area contributed by atoms with Gasteiger partial charge in [-0.3, -0.25) is 9.80 Å². The van der Waals surface area contributed by atoms with Crippen LogP contribution in [0.2, 0.25) is 0 Å². The van der Waals surface area contributed by atoms with E-state index in [4.69, 9.17) is 9.73 Å². The van der Waals surface area contributed by atoms with Crippen molar-refractivity contribution in [3.05, 3.63) is 35.4 Å². The molecule has 2 aliphatic heterocycles. The maximum atomic E-state index is 5.46. The summed E-state index contributed by atoms with van der Waals surface area (Å²) in [6.07, 6.45) is 4.04. The highest BCUT2D eigenvalue weighted by Gasteiger charge is 2.18. The van der Waals surface area contributed by atoms with E-state index >= 15 is 0 Å². The molecule has 1 aromatic rings. The van der Waals surface area contributed by atoms with Crippen LogP contribution in [0.4, 0.5) is 0 Å². The molecule has 2 heterocycles. The van der Waals surface area contributed by atoms with Crippen LogP contribution >= 0.6 is 24.0 Å². The van der Waals surface area contributed by atoms with E-state index in [1.165, 1.54) is 36.9 Å². The van der Waals surface area contributed by atoms with Gasteiger partial charge in [-0.2, -0.15) is 0 Å². The number of nitrogens with zero attached hydrogens (tertiary/aromatic N) is 3. The van der Waals surface area contributed by atoms with Crippen LogP contribution in [0, 0.1) is 0 Å². The number of ether oxygens (including phenoxy) is 1. The normalized spacial score (nSPS) is 21.9. The highest BCUT2D eigenvalue weighted by molar-refractivity contribution is 14.0. The van der Waals surface area contributed by atoms with E-state index in [0.29, 0.717) is 18.6 Å². The fraction of sp³-hybridized carbons (Fsp3) is 0.708. The lowest BCUT2D eigenvalue weighted by atomic mass is 10.0. The minimum Gasteiger partial charge on any atom is -0.379 e. The Balaban J connectivity index is 0.00000341. The second-order valence-electron chi connectivity index (χ2n) is 8.71. The topological polar surface area (TPSA) is 52.1 Å². The third-order valence-electron chi connectivity index (χ3n) is 6.35. The van der Waals surface area contributed by atoms with E-state index in [2.05, 4.69) is 65.5 Å². The lowest BCUT2D eigenvalue weighted by molar-refractivity contribution is 0.0211. The highest BCUT2D eigenvalue weighted by Crippen LogP contribution is 2.19. The summed E-state index contributed by atoms with van der Waals surface area (Å²) in [5.41, 5.74) is 2.66. The van der Waals surface area contributed by atoms with Crippen LogP contribution < -0.4 is 10.6 Å². The first-order valence-corrected chi connectivity index (χ1v) is 11.8. The van der Waals surface area contributed by atoms with Gasteiger partial charge in [0.25, 0.3) is 0 Å². The van der Waals surface area contributed by atoms with Crippen LogP contribution in [-0.2, 0) is 17.8 Å². The van der Waals surface area contributed by atoms with Gasteiger partial charge >= 0.3 is 0 Å². The predicted octanol–water partition coefficient (Wildman–Crippen LogP) is 3.45. The van der Waals surface area contributed by atoms with Crippen molar-refractivity contribution in [3.8, 4) is 0 Å². The Morgan fingerprint density at radius 2 is 1.81 bits per heavy atom. The molecular weight excluding hydrogens is 501 g/mol. The molecule has 2 atom stereocenters. The van der Waals surface area contributed by atoms with Crippen LogP contribution in [0.3, 0.4) is 0 Å². The number of morpholine rings is 1. The second kappa shape index (κ2) is 14.3. The number of hydrogen-bond donors (Lipinski definition) is 2. The van der Waals surface area contributed by atoms with Gasteiger partial charge in [0.15, 0.2) is 5.96 Å². The maximum Gasteiger partial charge on any atom is 0.191 e. The average Bonchev–Trinajstić information content (AvgIpc) is 2.78. The van der Waals surface area contributed by atoms with E-state index in [9.17, 15) is 0 Å². The molecule has 7 heteroatoms. The zero-order valence-electron chi connectivity index (χ0n) is 19.6. The van der Waals surface area contributed by atoms with Gasteiger partial charge in [-0.1, -0.05) is 30.7 Å². The minimum atomic E-state index is 0. The molecule has 0 aliphatic carbocycles. The summed E-state index contributed by atoms with van der Waals surface area (Å²) < 4.78 is 5.46. The number of likely N-dealkylation sites (tertiary alicyclic amines) is 1. The van der Waals surface area contributed by atoms with Crippen LogP contribution in [0.1, 0.15) is 51.2 Å². The number of aliphatic imine (C=N–C) groups is 1. The second-order valence-corrected chi connectivity index (χ2v) is 8.71. The minimum absolute atomic E-state index is 0. The van der Waals surface area contributed by atoms with Gasteiger partial charge in [0.05, 0.1) is 19.8 Å². The van der Waals surface area contributed by atoms with Crippen LogP contribution in [0.5, 0.6) is 0 Å². The van der Waals surface area contributed by atoms with Gasteiger partial charge in [-0.15, -0.1) is 24.0 Å². The third kappa shape index (κ3) is 8.86. The van der Waals surface area contributed by atoms with Gasteiger partial charge < -0.3 is 15.4 Å². The van der Waals surface area contributed by atoms with E-state index in [1.54, 1.807) is 0 Å². The standard InChI is InChI=1S/C24H41N5O.HI/c1-4-25-24(26-17-21(3)28-13-15-30-16-14-28)27-18-22-8-10-23(11-9-22)19-29-12-6-5-7-20(29)2;/h8-11,20-21H,4-7,12-19H2,1-3H3,(H2,25,26,27);1H. The van der Waals surface area contributed by atoms with Gasteiger partial charge in [0, 0.05) is 44.8 Å². The first kappa shape index (κ1) is 26.4. The van der Waals surface area contributed by atoms with Gasteiger partial charge in [-0.05, 0) is 51.3 Å². The third-order valence-corrected chi connectivity index (χ3v) is 6.35. The molecule has 2 aliphatic rings. The Hall–Kier alpha value is -0.900. The van der Waals surface area contributed by atoms with Crippen molar-refractivity contribution in [2.45, 2.75) is 65.2 Å². The van der Waals surface area contributed by atoms with E-state index in [0.717, 1.165) is 51.9 Å². The van der Waals surface area contributed by atoms with Crippen molar-refractivity contribution in [2.24, 2.45) is 4.99 Å². The molecule has 2 fully saturated rings. The molecule has 176 valence electrons. The maximum absolute atomic E-state index is 5.46. The Labute approximate surface area is 206 Å². The predicted molar refractivity (Wildman–Crippen MR) is 140 cm³/mol. The molecule has 0 aromatic heterocycles. The Kier molecular flexibility index (Phi) is 12.1. The highest BCUT2D eigenvalue weighted by atomic mass is 127. The quantitative estimate of drug-likeness (QED) is 0.299. The lowest BCUT2D eigenvalue weighted by Crippen LogP contribution is -2.49. The summed E-state index contributed by atoms with van der Waals surface area (Å²) in [4.78, 5) is 9.88. The number of halogens is 1. The SMILES string of the molecule is CCNC(=NCc1ccc(CN2CCCCC2C)cc1)NCC(C)N1CCOCC1.I. The largest absolute Gasteiger partial charge is 0.379 e. The van der Waals surface area contributed by atoms with Crippen molar-refractivity contribution < 1.29 is 4.74 Å². The molecule has 1 aromatic carbocycles. The number of benzene rings is 1. The van der Waals surface area contributed by atoms with Crippen molar-refractivity contribution in [1.29, 1.82) is 0 Å². The van der Waals surface area contributed by atoms with Crippen molar-refractivity contribution in [3.63, 3.8) is 0 Å². The van der Waals surface area contributed by atoms with Crippen molar-refractivity contribution in [2.75, 3.05) is 45.9 Å². The van der Waals surface area contributed by atoms with Crippen LogP contribution in [0.15, 0.2) is 29.3 Å². The number of guanidine groups is 1. The Morgan fingerprint density at radius 3 is 2.48 bits per heavy atom. The molecule has 3 rings (SSSR count). The molecule has 0 bridgehead atoms. The van der Waals surface area contributed by atoms with E-state index < -0.39 is 0 Å². The first-order chi connectivity index (χ1) is 14.7. The number of rotatable bonds is 8. The number of piperidine rings is 1. The molecule has 0 spiro atoms. The monoisotopic (exact) mass is 543 g/mol. The molecule has 2 unspecified atom stereocenters. The van der Waals surface area contributed by atoms with Crippen LogP contribution in [-0.4, -0.2) is 73.8 Å². The zero-order chi connectivity index (χ0) is 21.2. The summed E-state index contributed by atoms with van der Waals surface area (Å²) in [6.45, 7) is 15.2. The zero-order valence-corrected chi connectivity index (χ0v) is 21.9. The molecule has 31 heavy (non-hydrogen) atoms. The molecule has 2 N–H and O–H groups in total. The van der Waals surface area contributed by atoms with Gasteiger partial charge in [-0.25, -0.2) is 4.99 Å². The summed E-state index contributed by atoms with van der Waals surface area (Å²) in [5, 5.41) is 6.88. The fourth-order valence-corrected chi connectivity index (χ4v) is 4.28. The molecular formula is C24H42IN5O. The molecule has 2 saturated heterocycles. The summed E-state index contributed by atoms with van der Waals surface area (Å²) in [7, 11) is 0. The Morgan fingerprint density at radius 1 is 1.10 bits per heavy atom. The van der Waals surface area contributed by atoms with E-state index in [-0.39, 0.29) is 24.0 Å². The molecule has 6 nitrogen and oxygen atoms in total. The molecule has 0 saturated carbocycles. The fourth-order valence-electron chi connectivity index (χ4n) is 4.28. The number of nitrogens with one attached hydrogen (secondary N) is 2. The van der Waals surface area contributed by atoms with Gasteiger partial charge in [0.1, 0.15) is 0 Å². The smallest absolute Gasteiger partial charge is 0.191 e. The first-order valence-electron chi connectivity index (χ1n) is 11.8. The Bertz CT molecular complexity index is 648. The average molecular weight is 544 g/mol. The summed E-state index contributed by atoms with van der Waals surface area (Å²) >= 11 is 0. The van der Waals surface area contributed by atoms with Crippen molar-refractivity contribution in [1.82, 2.24) is 20.4 Å². The summed E-state index contributed by atoms with van der Waals surface area (Å²) in [6, 6.07) is 10.2. The summed E-state index contributed by atoms with van der Waals surface area (Å²) in [5.74, 6) is 0.892. The number of hydrogen-bond acceptors (Lipinski definition) is 4. The van der Waals surface area contributed by atoms with Gasteiger partial charge in [0.2, 0.25) is 0 Å².